The lowest BCUT2D eigenvalue weighted by Crippen LogP contribution is -2.41. The molecule has 1 heterocycles. The lowest BCUT2D eigenvalue weighted by atomic mass is 10.0. The van der Waals surface area contributed by atoms with Crippen LogP contribution in [0.25, 0.3) is 0 Å². The van der Waals surface area contributed by atoms with Crippen molar-refractivity contribution in [3.8, 4) is 0 Å². The van der Waals surface area contributed by atoms with Crippen LogP contribution in [0.1, 0.15) is 37.8 Å². The fourth-order valence-corrected chi connectivity index (χ4v) is 3.21. The SMILES string of the molecule is CC(C)[C@H]1COC(=O)N1C(=O)CCc1ccccc1.O=C(Cl)CCc1ccccc1. The van der Waals surface area contributed by atoms with Gasteiger partial charge < -0.3 is 4.74 Å². The topological polar surface area (TPSA) is 63.7 Å². The molecule has 0 aromatic heterocycles. The molecule has 1 aliphatic heterocycles. The van der Waals surface area contributed by atoms with Gasteiger partial charge in [0, 0.05) is 12.8 Å². The van der Waals surface area contributed by atoms with Crippen LogP contribution < -0.4 is 0 Å². The first-order chi connectivity index (χ1) is 14.4. The van der Waals surface area contributed by atoms with Crippen LogP contribution in [0.5, 0.6) is 0 Å². The zero-order valence-corrected chi connectivity index (χ0v) is 18.2. The summed E-state index contributed by atoms with van der Waals surface area (Å²) in [6.45, 7) is 4.29. The van der Waals surface area contributed by atoms with Gasteiger partial charge in [-0.3, -0.25) is 9.59 Å². The molecule has 160 valence electrons. The first-order valence-corrected chi connectivity index (χ1v) is 10.5. The molecule has 0 N–H and O–H groups in total. The third-order valence-electron chi connectivity index (χ3n) is 4.87. The number of imide groups is 1. The van der Waals surface area contributed by atoms with Crippen LogP contribution in [0.2, 0.25) is 0 Å². The lowest BCUT2D eigenvalue weighted by molar-refractivity contribution is -0.129. The molecule has 0 saturated carbocycles. The van der Waals surface area contributed by atoms with Gasteiger partial charge >= 0.3 is 6.09 Å². The molecule has 5 nitrogen and oxygen atoms in total. The van der Waals surface area contributed by atoms with Crippen LogP contribution in [-0.4, -0.2) is 34.8 Å². The summed E-state index contributed by atoms with van der Waals surface area (Å²) in [5.41, 5.74) is 2.26. The van der Waals surface area contributed by atoms with Crippen LogP contribution in [0.3, 0.4) is 0 Å². The van der Waals surface area contributed by atoms with Gasteiger partial charge in [0.15, 0.2) is 0 Å². The summed E-state index contributed by atoms with van der Waals surface area (Å²) in [6.07, 6.45) is 1.64. The Morgan fingerprint density at radius 1 is 0.967 bits per heavy atom. The molecule has 2 aromatic carbocycles. The minimum absolute atomic E-state index is 0.129. The Labute approximate surface area is 183 Å². The van der Waals surface area contributed by atoms with E-state index in [0.717, 1.165) is 17.5 Å². The number of amides is 2. The van der Waals surface area contributed by atoms with Crippen molar-refractivity contribution in [1.29, 1.82) is 0 Å². The molecule has 0 unspecified atom stereocenters. The summed E-state index contributed by atoms with van der Waals surface area (Å²) in [5, 5.41) is -0.270. The first kappa shape index (κ1) is 23.6. The van der Waals surface area contributed by atoms with E-state index in [1.807, 2.05) is 74.5 Å². The lowest BCUT2D eigenvalue weighted by Gasteiger charge is -2.22. The summed E-state index contributed by atoms with van der Waals surface area (Å²) in [7, 11) is 0. The fraction of sp³-hybridized carbons (Fsp3) is 0.375. The number of carbonyl (C=O) groups excluding carboxylic acids is 3. The molecule has 0 bridgehead atoms. The van der Waals surface area contributed by atoms with Crippen molar-refractivity contribution in [2.45, 2.75) is 45.6 Å². The third-order valence-corrected chi connectivity index (χ3v) is 5.06. The Hall–Kier alpha value is -2.66. The van der Waals surface area contributed by atoms with E-state index in [9.17, 15) is 14.4 Å². The van der Waals surface area contributed by atoms with Crippen molar-refractivity contribution >= 4 is 28.8 Å². The minimum atomic E-state index is -0.503. The highest BCUT2D eigenvalue weighted by molar-refractivity contribution is 6.63. The first-order valence-electron chi connectivity index (χ1n) is 10.1. The maximum atomic E-state index is 12.2. The van der Waals surface area contributed by atoms with Crippen molar-refractivity contribution in [3.05, 3.63) is 71.8 Å². The molecule has 2 amide bonds. The molecule has 0 spiro atoms. The smallest absolute Gasteiger partial charge is 0.416 e. The number of cyclic esters (lactones) is 1. The van der Waals surface area contributed by atoms with E-state index in [4.69, 9.17) is 16.3 Å². The Morgan fingerprint density at radius 3 is 1.93 bits per heavy atom. The zero-order valence-electron chi connectivity index (χ0n) is 17.4. The standard InChI is InChI=1S/C15H19NO3.C9H9ClO/c1-11(2)13-10-19-15(18)16(13)14(17)9-8-12-6-4-3-5-7-12;10-9(11)7-6-8-4-2-1-3-5-8/h3-7,11,13H,8-10H2,1-2H3;1-5H,6-7H2/t13-;/m1./s1. The van der Waals surface area contributed by atoms with Gasteiger partial charge in [-0.1, -0.05) is 74.5 Å². The van der Waals surface area contributed by atoms with E-state index in [1.54, 1.807) is 0 Å². The highest BCUT2D eigenvalue weighted by Gasteiger charge is 2.38. The van der Waals surface area contributed by atoms with E-state index in [-0.39, 0.29) is 23.1 Å². The van der Waals surface area contributed by atoms with Crippen molar-refractivity contribution in [1.82, 2.24) is 4.90 Å². The number of nitrogens with zero attached hydrogens (tertiary/aromatic N) is 1. The number of benzene rings is 2. The van der Waals surface area contributed by atoms with Crippen LogP contribution in [0.4, 0.5) is 4.79 Å². The number of halogens is 1. The largest absolute Gasteiger partial charge is 0.447 e. The van der Waals surface area contributed by atoms with Gasteiger partial charge in [-0.05, 0) is 41.5 Å². The molecular formula is C24H28ClNO4. The average molecular weight is 430 g/mol. The van der Waals surface area contributed by atoms with Gasteiger partial charge in [0.25, 0.3) is 0 Å². The number of rotatable bonds is 7. The monoisotopic (exact) mass is 429 g/mol. The van der Waals surface area contributed by atoms with Gasteiger partial charge in [0.1, 0.15) is 6.61 Å². The molecule has 0 aliphatic carbocycles. The second kappa shape index (κ2) is 12.1. The van der Waals surface area contributed by atoms with Crippen LogP contribution in [0.15, 0.2) is 60.7 Å². The number of carbonyl (C=O) groups is 3. The van der Waals surface area contributed by atoms with Gasteiger partial charge in [-0.2, -0.15) is 0 Å². The molecule has 1 saturated heterocycles. The highest BCUT2D eigenvalue weighted by Crippen LogP contribution is 2.21. The summed E-state index contributed by atoms with van der Waals surface area (Å²) >= 11 is 5.19. The number of hydrogen-bond acceptors (Lipinski definition) is 4. The van der Waals surface area contributed by atoms with Crippen molar-refractivity contribution in [2.75, 3.05) is 6.61 Å². The third kappa shape index (κ3) is 7.64. The number of ether oxygens (including phenoxy) is 1. The maximum absolute atomic E-state index is 12.2. The van der Waals surface area contributed by atoms with Crippen LogP contribution in [0, 0.1) is 5.92 Å². The number of aryl methyl sites for hydroxylation is 2. The quantitative estimate of drug-likeness (QED) is 0.580. The molecule has 0 radical (unpaired) electrons. The fourth-order valence-electron chi connectivity index (χ4n) is 3.12. The van der Waals surface area contributed by atoms with E-state index >= 15 is 0 Å². The average Bonchev–Trinajstić information content (AvgIpc) is 3.14. The van der Waals surface area contributed by atoms with E-state index in [1.165, 1.54) is 4.90 Å². The molecule has 2 aromatic rings. The van der Waals surface area contributed by atoms with E-state index in [2.05, 4.69) is 0 Å². The second-order valence-electron chi connectivity index (χ2n) is 7.48. The maximum Gasteiger partial charge on any atom is 0.416 e. The van der Waals surface area contributed by atoms with Crippen molar-refractivity contribution < 1.29 is 19.1 Å². The molecule has 30 heavy (non-hydrogen) atoms. The van der Waals surface area contributed by atoms with E-state index < -0.39 is 6.09 Å². The zero-order chi connectivity index (χ0) is 21.9. The normalized spacial score (nSPS) is 15.4. The van der Waals surface area contributed by atoms with Gasteiger partial charge in [0.05, 0.1) is 6.04 Å². The molecule has 1 fully saturated rings. The second-order valence-corrected chi connectivity index (χ2v) is 7.90. The van der Waals surface area contributed by atoms with Gasteiger partial charge in [-0.15, -0.1) is 0 Å². The Kier molecular flexibility index (Phi) is 9.55. The predicted molar refractivity (Wildman–Crippen MR) is 117 cm³/mol. The van der Waals surface area contributed by atoms with Crippen LogP contribution >= 0.6 is 11.6 Å². The number of hydrogen-bond donors (Lipinski definition) is 0. The Balaban J connectivity index is 0.000000248. The molecule has 1 aliphatic rings. The van der Waals surface area contributed by atoms with Crippen molar-refractivity contribution in [3.63, 3.8) is 0 Å². The van der Waals surface area contributed by atoms with E-state index in [0.29, 0.717) is 25.9 Å². The summed E-state index contributed by atoms with van der Waals surface area (Å²) in [5.74, 6) is 0.0668. The summed E-state index contributed by atoms with van der Waals surface area (Å²) < 4.78 is 4.98. The van der Waals surface area contributed by atoms with Crippen LogP contribution in [-0.2, 0) is 27.2 Å². The van der Waals surface area contributed by atoms with Gasteiger partial charge in [-0.25, -0.2) is 9.69 Å². The Morgan fingerprint density at radius 2 is 1.47 bits per heavy atom. The highest BCUT2D eigenvalue weighted by atomic mass is 35.5. The molecule has 3 rings (SSSR count). The Bertz CT molecular complexity index is 824. The molecular weight excluding hydrogens is 402 g/mol. The minimum Gasteiger partial charge on any atom is -0.447 e. The van der Waals surface area contributed by atoms with Gasteiger partial charge in [0.2, 0.25) is 11.1 Å². The van der Waals surface area contributed by atoms with Crippen molar-refractivity contribution in [2.24, 2.45) is 5.92 Å². The molecule has 1 atom stereocenters. The summed E-state index contributed by atoms with van der Waals surface area (Å²) in [4.78, 5) is 35.5. The predicted octanol–water partition coefficient (Wildman–Crippen LogP) is 5.01. The molecule has 6 heteroatoms. The summed E-state index contributed by atoms with van der Waals surface area (Å²) in [6, 6.07) is 19.5.